The van der Waals surface area contributed by atoms with Crippen LogP contribution in [0.4, 0.5) is 0 Å². The van der Waals surface area contributed by atoms with E-state index >= 15 is 0 Å². The van der Waals surface area contributed by atoms with Crippen LogP contribution in [-0.4, -0.2) is 31.7 Å². The highest BCUT2D eigenvalue weighted by Gasteiger charge is 2.42. The monoisotopic (exact) mass is 558 g/mol. The molecule has 2 aliphatic heterocycles. The van der Waals surface area contributed by atoms with Gasteiger partial charge in [0.25, 0.3) is 0 Å². The van der Waals surface area contributed by atoms with Gasteiger partial charge >= 0.3 is 0 Å². The zero-order valence-electron chi connectivity index (χ0n) is 24.8. The van der Waals surface area contributed by atoms with Crippen molar-refractivity contribution in [1.82, 2.24) is 0 Å². The summed E-state index contributed by atoms with van der Waals surface area (Å²) in [4.78, 5) is 0. The van der Waals surface area contributed by atoms with E-state index in [0.29, 0.717) is 19.3 Å². The lowest BCUT2D eigenvalue weighted by Crippen LogP contribution is -2.14. The highest BCUT2D eigenvalue weighted by Crippen LogP contribution is 2.29. The van der Waals surface area contributed by atoms with Gasteiger partial charge in [-0.05, 0) is 35.4 Å². The van der Waals surface area contributed by atoms with E-state index in [4.69, 9.17) is 18.9 Å². The van der Waals surface area contributed by atoms with Crippen molar-refractivity contribution >= 4 is 0 Å². The summed E-state index contributed by atoms with van der Waals surface area (Å²) in [6, 6.07) is 40.3. The Kier molecular flexibility index (Phi) is 18.3. The third kappa shape index (κ3) is 17.0. The molecule has 6 rings (SSSR count). The van der Waals surface area contributed by atoms with Gasteiger partial charge in [-0.25, -0.2) is 0 Å². The van der Waals surface area contributed by atoms with E-state index in [1.165, 1.54) is 24.0 Å². The molecule has 0 aromatic heterocycles. The van der Waals surface area contributed by atoms with Gasteiger partial charge < -0.3 is 18.9 Å². The van der Waals surface area contributed by atoms with Gasteiger partial charge in [-0.2, -0.15) is 0 Å². The Hall–Kier alpha value is -3.60. The third-order valence-electron chi connectivity index (χ3n) is 5.09. The maximum absolute atomic E-state index is 5.49. The zero-order chi connectivity index (χ0) is 28.9. The molecule has 0 radical (unpaired) electrons. The number of para-hydroxylation sites is 2. The van der Waals surface area contributed by atoms with Gasteiger partial charge in [0.1, 0.15) is 30.8 Å². The molecule has 222 valence electrons. The van der Waals surface area contributed by atoms with Crippen molar-refractivity contribution in [2.75, 3.05) is 19.8 Å². The zero-order valence-corrected chi connectivity index (χ0v) is 24.8. The summed E-state index contributed by atoms with van der Waals surface area (Å²) >= 11 is 0. The minimum atomic E-state index is -0.346. The molecular weight excluding hydrogens is 508 g/mol. The quantitative estimate of drug-likeness (QED) is 0.221. The van der Waals surface area contributed by atoms with Crippen molar-refractivity contribution in [1.29, 1.82) is 0 Å². The first-order chi connectivity index (χ1) is 19.5. The predicted octanol–water partition coefficient (Wildman–Crippen LogP) is 10.1. The summed E-state index contributed by atoms with van der Waals surface area (Å²) in [5, 5.41) is 0. The average molecular weight is 559 g/mol. The first-order valence-corrected chi connectivity index (χ1v) is 14.3. The fourth-order valence-corrected chi connectivity index (χ4v) is 3.03. The fourth-order valence-electron chi connectivity index (χ4n) is 3.03. The van der Waals surface area contributed by atoms with Crippen molar-refractivity contribution < 1.29 is 18.9 Å². The second-order valence-electron chi connectivity index (χ2n) is 9.56. The molecule has 4 aromatic carbocycles. The molecule has 41 heavy (non-hydrogen) atoms. The lowest BCUT2D eigenvalue weighted by molar-refractivity contribution is 0.0803. The molecule has 0 amide bonds. The maximum atomic E-state index is 5.49. The number of epoxide rings is 2. The van der Waals surface area contributed by atoms with E-state index in [1.807, 2.05) is 79.7 Å². The van der Waals surface area contributed by atoms with Gasteiger partial charge in [0.05, 0.1) is 6.61 Å². The van der Waals surface area contributed by atoms with Gasteiger partial charge in [-0.15, -0.1) is 0 Å². The third-order valence-corrected chi connectivity index (χ3v) is 5.09. The number of rotatable bonds is 6. The van der Waals surface area contributed by atoms with Crippen molar-refractivity contribution in [3.8, 4) is 22.6 Å². The van der Waals surface area contributed by atoms with Crippen LogP contribution in [0.15, 0.2) is 121 Å². The van der Waals surface area contributed by atoms with Crippen LogP contribution in [-0.2, 0) is 9.47 Å². The number of benzene rings is 4. The topological polar surface area (TPSA) is 43.5 Å². The number of hydrogen-bond donors (Lipinski definition) is 0. The summed E-state index contributed by atoms with van der Waals surface area (Å²) < 4.78 is 21.0. The number of ether oxygens (including phenoxy) is 4. The molecule has 4 aromatic rings. The van der Waals surface area contributed by atoms with Crippen molar-refractivity contribution in [2.45, 2.75) is 66.8 Å². The van der Waals surface area contributed by atoms with Crippen LogP contribution in [0.1, 0.15) is 54.9 Å². The second-order valence-corrected chi connectivity index (χ2v) is 9.56. The van der Waals surface area contributed by atoms with Crippen molar-refractivity contribution in [2.24, 2.45) is 0 Å². The van der Waals surface area contributed by atoms with E-state index in [0.717, 1.165) is 18.1 Å². The highest BCUT2D eigenvalue weighted by atomic mass is 16.8. The van der Waals surface area contributed by atoms with Gasteiger partial charge in [0, 0.05) is 6.92 Å². The maximum Gasteiger partial charge on any atom is 0.231 e. The first kappa shape index (κ1) is 35.4. The van der Waals surface area contributed by atoms with Crippen molar-refractivity contribution in [3.63, 3.8) is 0 Å². The smallest absolute Gasteiger partial charge is 0.231 e. The minimum Gasteiger partial charge on any atom is -0.491 e. The second kappa shape index (κ2) is 21.2. The van der Waals surface area contributed by atoms with Gasteiger partial charge in [0.2, 0.25) is 5.79 Å². The molecule has 2 fully saturated rings. The van der Waals surface area contributed by atoms with Crippen LogP contribution >= 0.6 is 0 Å². The minimum absolute atomic E-state index is 0. The molecule has 2 unspecified atom stereocenters. The normalized spacial score (nSPS) is 17.0. The Balaban J connectivity index is 0.000000277. The Labute approximate surface area is 249 Å². The van der Waals surface area contributed by atoms with Crippen LogP contribution in [0.3, 0.4) is 0 Å². The molecule has 2 aliphatic rings. The average Bonchev–Trinajstić information content (AvgIpc) is 3.94. The lowest BCUT2D eigenvalue weighted by atomic mass is 10.1. The molecule has 2 atom stereocenters. The molecule has 0 bridgehead atoms. The Morgan fingerprint density at radius 2 is 0.976 bits per heavy atom. The molecule has 4 nitrogen and oxygen atoms in total. The molecule has 2 heterocycles. The highest BCUT2D eigenvalue weighted by molar-refractivity contribution is 5.62. The van der Waals surface area contributed by atoms with E-state index < -0.39 is 0 Å². The van der Waals surface area contributed by atoms with E-state index in [2.05, 4.69) is 76.2 Å². The van der Waals surface area contributed by atoms with Gasteiger partial charge in [-0.1, -0.05) is 145 Å². The molecule has 4 heteroatoms. The van der Waals surface area contributed by atoms with E-state index in [1.54, 1.807) is 0 Å². The molecule has 2 saturated heterocycles. The molecule has 0 spiro atoms. The lowest BCUT2D eigenvalue weighted by Gasteiger charge is -2.08. The van der Waals surface area contributed by atoms with Crippen LogP contribution in [0.2, 0.25) is 0 Å². The van der Waals surface area contributed by atoms with E-state index in [-0.39, 0.29) is 13.2 Å². The molecule has 0 aliphatic carbocycles. The summed E-state index contributed by atoms with van der Waals surface area (Å²) in [7, 11) is 0. The van der Waals surface area contributed by atoms with Crippen LogP contribution in [0, 0.1) is 0 Å². The van der Waals surface area contributed by atoms with Crippen LogP contribution < -0.4 is 9.47 Å². The number of hydrogen-bond acceptors (Lipinski definition) is 4. The standard InChI is InChI=1S/C12H10.2C9H10O2.2C3H8.CH4/c1-3-7-11(8-4-1)12-9-5-2-6-10-12;1-9(7-10-9)11-8-5-3-2-4-6-8;1-2-4-8(5-3-1)10-6-9-7-11-9;2*1-3-2;/h1-10H;2-6H,7H2,1H3;1-5,9H,6-7H2;2*3H2,1-2H3;1H4. The van der Waals surface area contributed by atoms with E-state index in [9.17, 15) is 0 Å². The molecular formula is C37H50O4. The summed E-state index contributed by atoms with van der Waals surface area (Å²) in [6.07, 6.45) is 2.84. The Bertz CT molecular complexity index is 1070. The Morgan fingerprint density at radius 1 is 0.634 bits per heavy atom. The van der Waals surface area contributed by atoms with Gasteiger partial charge in [0.15, 0.2) is 0 Å². The largest absolute Gasteiger partial charge is 0.491 e. The fraction of sp³-hybridized carbons (Fsp3) is 0.351. The van der Waals surface area contributed by atoms with Crippen molar-refractivity contribution in [3.05, 3.63) is 121 Å². The first-order valence-electron chi connectivity index (χ1n) is 14.3. The SMILES string of the molecule is C.CC1(Oc2ccccc2)CO1.CCC.CCC.c1ccc(-c2ccccc2)cc1.c1ccc(OCC2CO2)cc1. The van der Waals surface area contributed by atoms with Gasteiger partial charge in [-0.3, -0.25) is 0 Å². The summed E-state index contributed by atoms with van der Waals surface area (Å²) in [5.74, 6) is 1.44. The molecule has 0 N–H and O–H groups in total. The van der Waals surface area contributed by atoms with Crippen LogP contribution in [0.25, 0.3) is 11.1 Å². The predicted molar refractivity (Wildman–Crippen MR) is 174 cm³/mol. The summed E-state index contributed by atoms with van der Waals surface area (Å²) in [5.41, 5.74) is 2.55. The molecule has 0 saturated carbocycles. The van der Waals surface area contributed by atoms with Crippen LogP contribution in [0.5, 0.6) is 11.5 Å². The summed E-state index contributed by atoms with van der Waals surface area (Å²) in [6.45, 7) is 12.7. The Morgan fingerprint density at radius 3 is 1.32 bits per heavy atom.